The fourth-order valence-electron chi connectivity index (χ4n) is 2.87. The molecule has 128 valence electrons. The van der Waals surface area contributed by atoms with Gasteiger partial charge in [0, 0.05) is 24.7 Å². The minimum atomic E-state index is 0.00402. The van der Waals surface area contributed by atoms with Crippen molar-refractivity contribution in [1.29, 1.82) is 5.26 Å². The SMILES string of the molecule is C=CCN(Cc1cccc(C#N)c1)C(=O)Cc1cnc2ccccc2c1. The highest BCUT2D eigenvalue weighted by Crippen LogP contribution is 2.15. The number of nitrogens with zero attached hydrogens (tertiary/aromatic N) is 3. The Hall–Kier alpha value is -3.45. The number of hydrogen-bond donors (Lipinski definition) is 0. The van der Waals surface area contributed by atoms with E-state index in [2.05, 4.69) is 17.6 Å². The maximum absolute atomic E-state index is 12.8. The van der Waals surface area contributed by atoms with Crippen molar-refractivity contribution in [1.82, 2.24) is 9.88 Å². The van der Waals surface area contributed by atoms with E-state index >= 15 is 0 Å². The number of aromatic nitrogens is 1. The van der Waals surface area contributed by atoms with Crippen LogP contribution in [0.3, 0.4) is 0 Å². The molecule has 3 rings (SSSR count). The van der Waals surface area contributed by atoms with Crippen LogP contribution in [0.25, 0.3) is 10.9 Å². The maximum Gasteiger partial charge on any atom is 0.227 e. The minimum Gasteiger partial charge on any atom is -0.334 e. The number of nitriles is 1. The van der Waals surface area contributed by atoms with Crippen molar-refractivity contribution in [3.63, 3.8) is 0 Å². The summed E-state index contributed by atoms with van der Waals surface area (Å²) in [6.45, 7) is 4.65. The molecule has 1 amide bonds. The first-order valence-corrected chi connectivity index (χ1v) is 8.41. The molecule has 0 unspecified atom stereocenters. The molecule has 0 fully saturated rings. The molecule has 0 aliphatic heterocycles. The van der Waals surface area contributed by atoms with Crippen LogP contribution in [0.1, 0.15) is 16.7 Å². The van der Waals surface area contributed by atoms with Gasteiger partial charge in [0.25, 0.3) is 0 Å². The van der Waals surface area contributed by atoms with Gasteiger partial charge in [-0.3, -0.25) is 9.78 Å². The topological polar surface area (TPSA) is 57.0 Å². The van der Waals surface area contributed by atoms with E-state index in [0.29, 0.717) is 18.7 Å². The van der Waals surface area contributed by atoms with Crippen molar-refractivity contribution < 1.29 is 4.79 Å². The van der Waals surface area contributed by atoms with E-state index in [1.807, 2.05) is 42.5 Å². The maximum atomic E-state index is 12.8. The number of hydrogen-bond acceptors (Lipinski definition) is 3. The van der Waals surface area contributed by atoms with Crippen molar-refractivity contribution >= 4 is 16.8 Å². The van der Waals surface area contributed by atoms with Crippen LogP contribution in [0.5, 0.6) is 0 Å². The number of carbonyl (C=O) groups is 1. The standard InChI is InChI=1S/C22H19N3O/c1-2-10-25(16-18-7-5-6-17(11-18)14-23)22(26)13-19-12-20-8-3-4-9-21(20)24-15-19/h2-9,11-12,15H,1,10,13,16H2. The average molecular weight is 341 g/mol. The predicted octanol–water partition coefficient (Wildman–Crippen LogP) is 3.86. The molecule has 0 radical (unpaired) electrons. The Morgan fingerprint density at radius 1 is 1.15 bits per heavy atom. The molecule has 0 saturated heterocycles. The predicted molar refractivity (Wildman–Crippen MR) is 102 cm³/mol. The highest BCUT2D eigenvalue weighted by molar-refractivity contribution is 5.82. The summed E-state index contributed by atoms with van der Waals surface area (Å²) in [5.74, 6) is 0.00402. The normalized spacial score (nSPS) is 10.3. The van der Waals surface area contributed by atoms with Gasteiger partial charge >= 0.3 is 0 Å². The van der Waals surface area contributed by atoms with Gasteiger partial charge in [0.1, 0.15) is 0 Å². The summed E-state index contributed by atoms with van der Waals surface area (Å²) in [4.78, 5) is 18.9. The Morgan fingerprint density at radius 3 is 2.81 bits per heavy atom. The van der Waals surface area contributed by atoms with E-state index in [9.17, 15) is 4.79 Å². The summed E-state index contributed by atoms with van der Waals surface area (Å²) in [5.41, 5.74) is 3.32. The molecule has 4 nitrogen and oxygen atoms in total. The van der Waals surface area contributed by atoms with Gasteiger partial charge in [-0.2, -0.15) is 5.26 Å². The lowest BCUT2D eigenvalue weighted by Gasteiger charge is -2.21. The van der Waals surface area contributed by atoms with Crippen LogP contribution < -0.4 is 0 Å². The van der Waals surface area contributed by atoms with Gasteiger partial charge in [0.15, 0.2) is 0 Å². The Labute approximate surface area is 153 Å². The first-order valence-electron chi connectivity index (χ1n) is 8.41. The van der Waals surface area contributed by atoms with Crippen molar-refractivity contribution in [3.8, 4) is 6.07 Å². The Bertz CT molecular complexity index is 988. The first-order chi connectivity index (χ1) is 12.7. The summed E-state index contributed by atoms with van der Waals surface area (Å²) in [7, 11) is 0. The van der Waals surface area contributed by atoms with Crippen LogP contribution in [0.15, 0.2) is 73.4 Å². The quantitative estimate of drug-likeness (QED) is 0.640. The molecular weight excluding hydrogens is 322 g/mol. The van der Waals surface area contributed by atoms with Crippen molar-refractivity contribution in [2.45, 2.75) is 13.0 Å². The third kappa shape index (κ3) is 4.14. The van der Waals surface area contributed by atoms with Crippen LogP contribution in [0, 0.1) is 11.3 Å². The van der Waals surface area contributed by atoms with Crippen molar-refractivity contribution in [2.75, 3.05) is 6.54 Å². The van der Waals surface area contributed by atoms with E-state index in [1.165, 1.54) is 0 Å². The fraction of sp³-hybridized carbons (Fsp3) is 0.136. The highest BCUT2D eigenvalue weighted by atomic mass is 16.2. The van der Waals surface area contributed by atoms with Crippen molar-refractivity contribution in [2.24, 2.45) is 0 Å². The first kappa shape index (κ1) is 17.4. The molecule has 0 bridgehead atoms. The van der Waals surface area contributed by atoms with Gasteiger partial charge < -0.3 is 4.90 Å². The summed E-state index contributed by atoms with van der Waals surface area (Å²) in [6, 6.07) is 19.3. The number of benzene rings is 2. The molecular formula is C22H19N3O. The number of pyridine rings is 1. The van der Waals surface area contributed by atoms with Gasteiger partial charge in [-0.1, -0.05) is 36.4 Å². The third-order valence-electron chi connectivity index (χ3n) is 4.13. The van der Waals surface area contributed by atoms with Gasteiger partial charge in [-0.25, -0.2) is 0 Å². The zero-order chi connectivity index (χ0) is 18.4. The van der Waals surface area contributed by atoms with Crippen LogP contribution in [-0.2, 0) is 17.8 Å². The monoisotopic (exact) mass is 341 g/mol. The second-order valence-corrected chi connectivity index (χ2v) is 6.09. The second-order valence-electron chi connectivity index (χ2n) is 6.09. The van der Waals surface area contributed by atoms with Crippen LogP contribution in [0.2, 0.25) is 0 Å². The molecule has 3 aromatic rings. The van der Waals surface area contributed by atoms with Crippen LogP contribution >= 0.6 is 0 Å². The molecule has 4 heteroatoms. The van der Waals surface area contributed by atoms with Gasteiger partial charge in [0.05, 0.1) is 23.6 Å². The van der Waals surface area contributed by atoms with Gasteiger partial charge in [-0.05, 0) is 35.4 Å². The number of amides is 1. The van der Waals surface area contributed by atoms with E-state index in [4.69, 9.17) is 5.26 Å². The Balaban J connectivity index is 1.77. The molecule has 0 N–H and O–H groups in total. The number of fused-ring (bicyclic) bond motifs is 1. The molecule has 1 aromatic heterocycles. The van der Waals surface area contributed by atoms with Crippen LogP contribution in [-0.4, -0.2) is 22.3 Å². The molecule has 0 atom stereocenters. The van der Waals surface area contributed by atoms with Crippen LogP contribution in [0.4, 0.5) is 0 Å². The molecule has 0 aliphatic rings. The lowest BCUT2D eigenvalue weighted by atomic mass is 10.1. The van der Waals surface area contributed by atoms with E-state index in [-0.39, 0.29) is 12.3 Å². The minimum absolute atomic E-state index is 0.00402. The van der Waals surface area contributed by atoms with Gasteiger partial charge in [0.2, 0.25) is 5.91 Å². The third-order valence-corrected chi connectivity index (χ3v) is 4.13. The summed E-state index contributed by atoms with van der Waals surface area (Å²) in [5, 5.41) is 10.1. The number of rotatable bonds is 6. The lowest BCUT2D eigenvalue weighted by Crippen LogP contribution is -2.32. The zero-order valence-electron chi connectivity index (χ0n) is 14.4. The molecule has 0 spiro atoms. The van der Waals surface area contributed by atoms with Gasteiger partial charge in [-0.15, -0.1) is 6.58 Å². The highest BCUT2D eigenvalue weighted by Gasteiger charge is 2.14. The van der Waals surface area contributed by atoms with E-state index in [1.54, 1.807) is 29.3 Å². The van der Waals surface area contributed by atoms with E-state index in [0.717, 1.165) is 22.0 Å². The summed E-state index contributed by atoms with van der Waals surface area (Å²) in [6.07, 6.45) is 3.75. The second kappa shape index (κ2) is 8.09. The smallest absolute Gasteiger partial charge is 0.227 e. The zero-order valence-corrected chi connectivity index (χ0v) is 14.4. The summed E-state index contributed by atoms with van der Waals surface area (Å²) >= 11 is 0. The van der Waals surface area contributed by atoms with Crippen molar-refractivity contribution in [3.05, 3.63) is 90.1 Å². The fourth-order valence-corrected chi connectivity index (χ4v) is 2.87. The molecule has 26 heavy (non-hydrogen) atoms. The molecule has 0 aliphatic carbocycles. The lowest BCUT2D eigenvalue weighted by molar-refractivity contribution is -0.130. The number of para-hydroxylation sites is 1. The number of carbonyl (C=O) groups excluding carboxylic acids is 1. The largest absolute Gasteiger partial charge is 0.334 e. The Morgan fingerprint density at radius 2 is 2.00 bits per heavy atom. The average Bonchev–Trinajstić information content (AvgIpc) is 2.67. The molecule has 1 heterocycles. The molecule has 2 aromatic carbocycles. The molecule has 0 saturated carbocycles. The Kier molecular flexibility index (Phi) is 5.40. The van der Waals surface area contributed by atoms with E-state index < -0.39 is 0 Å². The summed E-state index contributed by atoms with van der Waals surface area (Å²) < 4.78 is 0.